The van der Waals surface area contributed by atoms with Gasteiger partial charge in [-0.15, -0.1) is 0 Å². The van der Waals surface area contributed by atoms with Crippen LogP contribution in [-0.2, 0) is 10.2 Å². The van der Waals surface area contributed by atoms with E-state index in [1.165, 1.54) is 14.1 Å². The van der Waals surface area contributed by atoms with Crippen molar-refractivity contribution < 1.29 is 8.42 Å². The highest BCUT2D eigenvalue weighted by Gasteiger charge is 2.13. The molecule has 0 atom stereocenters. The highest BCUT2D eigenvalue weighted by Crippen LogP contribution is 2.18. The van der Waals surface area contributed by atoms with Gasteiger partial charge in [-0.25, -0.2) is 0 Å². The number of nitrogens with zero attached hydrogens (tertiary/aromatic N) is 1. The maximum absolute atomic E-state index is 11.6. The summed E-state index contributed by atoms with van der Waals surface area (Å²) in [5.41, 5.74) is 1.48. The SMILES string of the molecule is CN(C)S(=O)(=O)Nc1ccc(NC(C)(C)C)cc1. The molecule has 0 bridgehead atoms. The van der Waals surface area contributed by atoms with Crippen LogP contribution in [0.4, 0.5) is 11.4 Å². The van der Waals surface area contributed by atoms with E-state index in [1.807, 2.05) is 12.1 Å². The zero-order valence-electron chi connectivity index (χ0n) is 11.5. The third kappa shape index (κ3) is 4.54. The molecule has 6 heteroatoms. The summed E-state index contributed by atoms with van der Waals surface area (Å²) in [6, 6.07) is 7.15. The second-order valence-electron chi connectivity index (χ2n) is 5.34. The molecule has 102 valence electrons. The van der Waals surface area contributed by atoms with Crippen molar-refractivity contribution in [2.45, 2.75) is 26.3 Å². The minimum Gasteiger partial charge on any atom is -0.380 e. The molecule has 2 N–H and O–H groups in total. The Kier molecular flexibility index (Phi) is 4.24. The Bertz CT molecular complexity index is 487. The van der Waals surface area contributed by atoms with Gasteiger partial charge in [-0.3, -0.25) is 4.72 Å². The lowest BCUT2D eigenvalue weighted by atomic mass is 10.1. The van der Waals surface area contributed by atoms with Crippen LogP contribution in [0.15, 0.2) is 24.3 Å². The number of benzene rings is 1. The summed E-state index contributed by atoms with van der Waals surface area (Å²) in [5, 5.41) is 3.31. The Hall–Kier alpha value is -1.27. The summed E-state index contributed by atoms with van der Waals surface area (Å²) < 4.78 is 26.8. The first-order valence-corrected chi connectivity index (χ1v) is 7.13. The molecule has 0 unspecified atom stereocenters. The Balaban J connectivity index is 2.79. The van der Waals surface area contributed by atoms with Gasteiger partial charge in [0.1, 0.15) is 0 Å². The molecule has 0 saturated heterocycles. The number of nitrogens with one attached hydrogen (secondary N) is 2. The van der Waals surface area contributed by atoms with Crippen LogP contribution < -0.4 is 10.0 Å². The largest absolute Gasteiger partial charge is 0.380 e. The average molecular weight is 271 g/mol. The lowest BCUT2D eigenvalue weighted by molar-refractivity contribution is 0.527. The van der Waals surface area contributed by atoms with Crippen molar-refractivity contribution in [2.24, 2.45) is 0 Å². The molecule has 0 saturated carbocycles. The average Bonchev–Trinajstić information content (AvgIpc) is 2.18. The molecular weight excluding hydrogens is 250 g/mol. The van der Waals surface area contributed by atoms with Crippen molar-refractivity contribution in [3.05, 3.63) is 24.3 Å². The van der Waals surface area contributed by atoms with Crippen LogP contribution in [0.2, 0.25) is 0 Å². The summed E-state index contributed by atoms with van der Waals surface area (Å²) in [7, 11) is -0.468. The molecule has 1 aromatic carbocycles. The predicted octanol–water partition coefficient (Wildman–Crippen LogP) is 2.12. The van der Waals surface area contributed by atoms with Crippen molar-refractivity contribution in [2.75, 3.05) is 24.1 Å². The van der Waals surface area contributed by atoms with Crippen LogP contribution in [0, 0.1) is 0 Å². The van der Waals surface area contributed by atoms with E-state index in [0.717, 1.165) is 9.99 Å². The fourth-order valence-electron chi connectivity index (χ4n) is 1.29. The van der Waals surface area contributed by atoms with Crippen LogP contribution in [0.25, 0.3) is 0 Å². The molecule has 0 aliphatic heterocycles. The van der Waals surface area contributed by atoms with Crippen molar-refractivity contribution in [3.63, 3.8) is 0 Å². The lowest BCUT2D eigenvalue weighted by Crippen LogP contribution is -2.29. The van der Waals surface area contributed by atoms with E-state index in [-0.39, 0.29) is 5.54 Å². The van der Waals surface area contributed by atoms with Gasteiger partial charge >= 0.3 is 10.2 Å². The zero-order valence-corrected chi connectivity index (χ0v) is 12.3. The normalized spacial score (nSPS) is 12.6. The summed E-state index contributed by atoms with van der Waals surface area (Å²) in [5.74, 6) is 0. The van der Waals surface area contributed by atoms with E-state index in [2.05, 4.69) is 30.8 Å². The molecule has 0 fully saturated rings. The molecule has 0 aliphatic rings. The van der Waals surface area contributed by atoms with Crippen LogP contribution in [-0.4, -0.2) is 32.4 Å². The number of rotatable bonds is 4. The van der Waals surface area contributed by atoms with Gasteiger partial charge in [-0.1, -0.05) is 0 Å². The van der Waals surface area contributed by atoms with Crippen LogP contribution >= 0.6 is 0 Å². The van der Waals surface area contributed by atoms with Crippen molar-refractivity contribution in [1.29, 1.82) is 0 Å². The second kappa shape index (κ2) is 5.16. The predicted molar refractivity (Wildman–Crippen MR) is 76.0 cm³/mol. The highest BCUT2D eigenvalue weighted by atomic mass is 32.2. The minimum absolute atomic E-state index is 0.0232. The summed E-state index contributed by atoms with van der Waals surface area (Å²) in [6.07, 6.45) is 0. The van der Waals surface area contributed by atoms with E-state index in [0.29, 0.717) is 5.69 Å². The fourth-order valence-corrected chi connectivity index (χ4v) is 1.91. The Morgan fingerprint density at radius 2 is 1.44 bits per heavy atom. The van der Waals surface area contributed by atoms with Crippen molar-refractivity contribution in [1.82, 2.24) is 4.31 Å². The van der Waals surface area contributed by atoms with Crippen molar-refractivity contribution >= 4 is 21.6 Å². The summed E-state index contributed by atoms with van der Waals surface area (Å²) >= 11 is 0. The molecule has 0 heterocycles. The molecule has 0 radical (unpaired) electrons. The van der Waals surface area contributed by atoms with Gasteiger partial charge in [0.15, 0.2) is 0 Å². The number of hydrogen-bond donors (Lipinski definition) is 2. The van der Waals surface area contributed by atoms with Gasteiger partial charge in [-0.05, 0) is 45.0 Å². The minimum atomic E-state index is -3.44. The molecule has 18 heavy (non-hydrogen) atoms. The Morgan fingerprint density at radius 1 is 1.00 bits per heavy atom. The standard InChI is InChI=1S/C12H21N3O2S/c1-12(2,3)13-10-6-8-11(9-7-10)14-18(16,17)15(4)5/h6-9,13-14H,1-5H3. The molecular formula is C12H21N3O2S. The topological polar surface area (TPSA) is 61.4 Å². The van der Waals surface area contributed by atoms with Gasteiger partial charge in [0.05, 0.1) is 0 Å². The van der Waals surface area contributed by atoms with E-state index >= 15 is 0 Å². The first-order valence-electron chi connectivity index (χ1n) is 5.69. The lowest BCUT2D eigenvalue weighted by Gasteiger charge is -2.22. The van der Waals surface area contributed by atoms with Crippen molar-refractivity contribution in [3.8, 4) is 0 Å². The van der Waals surface area contributed by atoms with Gasteiger partial charge in [0.25, 0.3) is 0 Å². The van der Waals surface area contributed by atoms with Gasteiger partial charge < -0.3 is 5.32 Å². The third-order valence-corrected chi connectivity index (χ3v) is 3.59. The summed E-state index contributed by atoms with van der Waals surface area (Å²) in [4.78, 5) is 0. The molecule has 1 aromatic rings. The number of hydrogen-bond acceptors (Lipinski definition) is 3. The third-order valence-electron chi connectivity index (χ3n) is 2.13. The fraction of sp³-hybridized carbons (Fsp3) is 0.500. The quantitative estimate of drug-likeness (QED) is 0.881. The van der Waals surface area contributed by atoms with Gasteiger partial charge in [0.2, 0.25) is 0 Å². The molecule has 1 rings (SSSR count). The first kappa shape index (κ1) is 14.8. The molecule has 0 spiro atoms. The highest BCUT2D eigenvalue weighted by molar-refractivity contribution is 7.90. The zero-order chi connectivity index (χ0) is 14.0. The smallest absolute Gasteiger partial charge is 0.301 e. The van der Waals surface area contributed by atoms with Crippen LogP contribution in [0.3, 0.4) is 0 Å². The van der Waals surface area contributed by atoms with E-state index < -0.39 is 10.2 Å². The monoisotopic (exact) mass is 271 g/mol. The maximum atomic E-state index is 11.6. The van der Waals surface area contributed by atoms with Gasteiger partial charge in [0, 0.05) is 31.0 Å². The van der Waals surface area contributed by atoms with Crippen LogP contribution in [0.1, 0.15) is 20.8 Å². The number of anilines is 2. The van der Waals surface area contributed by atoms with Crippen LogP contribution in [0.5, 0.6) is 0 Å². The molecule has 5 nitrogen and oxygen atoms in total. The molecule has 0 aromatic heterocycles. The second-order valence-corrected chi connectivity index (χ2v) is 7.23. The maximum Gasteiger partial charge on any atom is 0.301 e. The Morgan fingerprint density at radius 3 is 1.83 bits per heavy atom. The van der Waals surface area contributed by atoms with E-state index in [9.17, 15) is 8.42 Å². The van der Waals surface area contributed by atoms with Gasteiger partial charge in [-0.2, -0.15) is 12.7 Å². The van der Waals surface area contributed by atoms with E-state index in [1.54, 1.807) is 12.1 Å². The Labute approximate surface area is 109 Å². The molecule has 0 amide bonds. The van der Waals surface area contributed by atoms with E-state index in [4.69, 9.17) is 0 Å². The summed E-state index contributed by atoms with van der Waals surface area (Å²) in [6.45, 7) is 6.20. The molecule has 0 aliphatic carbocycles. The first-order chi connectivity index (χ1) is 8.10.